The van der Waals surface area contributed by atoms with Crippen LogP contribution in [0.2, 0.25) is 0 Å². The Labute approximate surface area is 97.8 Å². The Balaban J connectivity index is 1.88. The van der Waals surface area contributed by atoms with Crippen LogP contribution in [0.15, 0.2) is 23.0 Å². The first kappa shape index (κ1) is 11.7. The Bertz CT molecular complexity index is 302. The molecule has 1 saturated heterocycles. The van der Waals surface area contributed by atoms with Crippen molar-refractivity contribution in [2.24, 2.45) is 0 Å². The molecule has 0 radical (unpaired) electrons. The van der Waals surface area contributed by atoms with Crippen LogP contribution in [-0.4, -0.2) is 30.6 Å². The molecule has 3 nitrogen and oxygen atoms in total. The maximum atomic E-state index is 5.09. The fourth-order valence-electron chi connectivity index (χ4n) is 2.68. The van der Waals surface area contributed by atoms with E-state index in [0.29, 0.717) is 5.54 Å². The van der Waals surface area contributed by atoms with Crippen molar-refractivity contribution in [1.29, 1.82) is 0 Å². The molecule has 1 aliphatic rings. The number of nitrogens with one attached hydrogen (secondary N) is 1. The molecule has 1 aromatic heterocycles. The highest BCUT2D eigenvalue weighted by Gasteiger charge is 2.32. The van der Waals surface area contributed by atoms with Crippen molar-refractivity contribution in [1.82, 2.24) is 10.2 Å². The summed E-state index contributed by atoms with van der Waals surface area (Å²) in [6, 6.07) is 2.04. The topological polar surface area (TPSA) is 28.4 Å². The first-order valence-corrected chi connectivity index (χ1v) is 6.19. The molecule has 16 heavy (non-hydrogen) atoms. The highest BCUT2D eigenvalue weighted by molar-refractivity contribution is 5.05. The Kier molecular flexibility index (Phi) is 3.66. The standard InChI is InChI=1S/C13H22N2O/c1-3-13(6-4-7-14-13)11-15(2)9-12-5-8-16-10-12/h5,8,10,14H,3-4,6-7,9,11H2,1-2H3. The Hall–Kier alpha value is -0.800. The van der Waals surface area contributed by atoms with Crippen LogP contribution in [0.5, 0.6) is 0 Å². The molecule has 1 aliphatic heterocycles. The second kappa shape index (κ2) is 5.02. The van der Waals surface area contributed by atoms with Crippen molar-refractivity contribution in [3.05, 3.63) is 24.2 Å². The average Bonchev–Trinajstić information content (AvgIpc) is 2.90. The number of hydrogen-bond acceptors (Lipinski definition) is 3. The summed E-state index contributed by atoms with van der Waals surface area (Å²) < 4.78 is 5.09. The van der Waals surface area contributed by atoms with E-state index in [0.717, 1.165) is 13.1 Å². The van der Waals surface area contributed by atoms with Gasteiger partial charge in [0.2, 0.25) is 0 Å². The van der Waals surface area contributed by atoms with Gasteiger partial charge in [0.15, 0.2) is 0 Å². The van der Waals surface area contributed by atoms with E-state index in [-0.39, 0.29) is 0 Å². The van der Waals surface area contributed by atoms with Crippen LogP contribution < -0.4 is 5.32 Å². The quantitative estimate of drug-likeness (QED) is 0.828. The van der Waals surface area contributed by atoms with Crippen molar-refractivity contribution in [2.75, 3.05) is 20.1 Å². The summed E-state index contributed by atoms with van der Waals surface area (Å²) in [6.45, 7) is 5.55. The van der Waals surface area contributed by atoms with Crippen molar-refractivity contribution >= 4 is 0 Å². The summed E-state index contributed by atoms with van der Waals surface area (Å²) in [5.41, 5.74) is 1.60. The fourth-order valence-corrected chi connectivity index (χ4v) is 2.68. The monoisotopic (exact) mass is 222 g/mol. The van der Waals surface area contributed by atoms with Crippen molar-refractivity contribution in [2.45, 2.75) is 38.3 Å². The van der Waals surface area contributed by atoms with Gasteiger partial charge in [-0.2, -0.15) is 0 Å². The normalized spacial score (nSPS) is 25.4. The zero-order chi connectivity index (χ0) is 11.4. The minimum Gasteiger partial charge on any atom is -0.472 e. The van der Waals surface area contributed by atoms with E-state index in [9.17, 15) is 0 Å². The first-order chi connectivity index (χ1) is 7.74. The zero-order valence-corrected chi connectivity index (χ0v) is 10.3. The van der Waals surface area contributed by atoms with Crippen LogP contribution in [0.3, 0.4) is 0 Å². The molecule has 90 valence electrons. The molecule has 1 atom stereocenters. The second-order valence-corrected chi connectivity index (χ2v) is 4.97. The molecular weight excluding hydrogens is 200 g/mol. The van der Waals surface area contributed by atoms with Gasteiger partial charge in [-0.3, -0.25) is 0 Å². The predicted molar refractivity (Wildman–Crippen MR) is 65.3 cm³/mol. The molecular formula is C13H22N2O. The molecule has 0 aliphatic carbocycles. The van der Waals surface area contributed by atoms with Gasteiger partial charge in [0.1, 0.15) is 0 Å². The number of furan rings is 1. The molecule has 0 bridgehead atoms. The highest BCUT2D eigenvalue weighted by Crippen LogP contribution is 2.24. The van der Waals surface area contributed by atoms with Gasteiger partial charge in [0, 0.05) is 24.2 Å². The molecule has 3 heteroatoms. The third kappa shape index (κ3) is 2.66. The Morgan fingerprint density at radius 2 is 2.44 bits per heavy atom. The maximum absolute atomic E-state index is 5.09. The third-order valence-electron chi connectivity index (χ3n) is 3.61. The average molecular weight is 222 g/mol. The smallest absolute Gasteiger partial charge is 0.0947 e. The number of rotatable bonds is 5. The molecule has 2 heterocycles. The summed E-state index contributed by atoms with van der Waals surface area (Å²) in [6.07, 6.45) is 7.40. The highest BCUT2D eigenvalue weighted by atomic mass is 16.3. The second-order valence-electron chi connectivity index (χ2n) is 4.97. The molecule has 1 aromatic rings. The molecule has 1 N–H and O–H groups in total. The van der Waals surface area contributed by atoms with Gasteiger partial charge in [-0.15, -0.1) is 0 Å². The van der Waals surface area contributed by atoms with Crippen LogP contribution in [0.1, 0.15) is 31.7 Å². The molecule has 0 saturated carbocycles. The van der Waals surface area contributed by atoms with Crippen LogP contribution in [0, 0.1) is 0 Å². The summed E-state index contributed by atoms with van der Waals surface area (Å²) in [5.74, 6) is 0. The van der Waals surface area contributed by atoms with Gasteiger partial charge in [0.25, 0.3) is 0 Å². The summed E-state index contributed by atoms with van der Waals surface area (Å²) >= 11 is 0. The van der Waals surface area contributed by atoms with Crippen LogP contribution in [0.25, 0.3) is 0 Å². The van der Waals surface area contributed by atoms with Crippen molar-refractivity contribution < 1.29 is 4.42 Å². The van der Waals surface area contributed by atoms with Gasteiger partial charge in [-0.25, -0.2) is 0 Å². The Morgan fingerprint density at radius 3 is 3.00 bits per heavy atom. The van der Waals surface area contributed by atoms with E-state index in [4.69, 9.17) is 4.42 Å². The Morgan fingerprint density at radius 1 is 1.56 bits per heavy atom. The minimum absolute atomic E-state index is 0.346. The van der Waals surface area contributed by atoms with E-state index in [1.165, 1.54) is 31.4 Å². The van der Waals surface area contributed by atoms with Crippen molar-refractivity contribution in [3.8, 4) is 0 Å². The lowest BCUT2D eigenvalue weighted by Crippen LogP contribution is -2.48. The van der Waals surface area contributed by atoms with E-state index in [2.05, 4.69) is 24.2 Å². The fraction of sp³-hybridized carbons (Fsp3) is 0.692. The largest absolute Gasteiger partial charge is 0.472 e. The number of likely N-dealkylation sites (N-methyl/N-ethyl adjacent to an activating group) is 1. The van der Waals surface area contributed by atoms with E-state index < -0.39 is 0 Å². The summed E-state index contributed by atoms with van der Waals surface area (Å²) in [7, 11) is 2.18. The van der Waals surface area contributed by atoms with Gasteiger partial charge in [-0.05, 0) is 38.9 Å². The van der Waals surface area contributed by atoms with Gasteiger partial charge in [-0.1, -0.05) is 6.92 Å². The van der Waals surface area contributed by atoms with E-state index in [1.54, 1.807) is 6.26 Å². The van der Waals surface area contributed by atoms with Gasteiger partial charge in [0.05, 0.1) is 12.5 Å². The van der Waals surface area contributed by atoms with Gasteiger partial charge >= 0.3 is 0 Å². The summed E-state index contributed by atoms with van der Waals surface area (Å²) in [5, 5.41) is 3.67. The lowest BCUT2D eigenvalue weighted by Gasteiger charge is -2.33. The number of nitrogens with zero attached hydrogens (tertiary/aromatic N) is 1. The van der Waals surface area contributed by atoms with Crippen LogP contribution >= 0.6 is 0 Å². The maximum Gasteiger partial charge on any atom is 0.0947 e. The van der Waals surface area contributed by atoms with Crippen LogP contribution in [-0.2, 0) is 6.54 Å². The molecule has 2 rings (SSSR count). The molecule has 1 unspecified atom stereocenters. The molecule has 1 fully saturated rings. The van der Waals surface area contributed by atoms with E-state index in [1.807, 2.05) is 12.3 Å². The molecule has 0 amide bonds. The van der Waals surface area contributed by atoms with Gasteiger partial charge < -0.3 is 14.6 Å². The minimum atomic E-state index is 0.346. The summed E-state index contributed by atoms with van der Waals surface area (Å²) in [4.78, 5) is 2.38. The van der Waals surface area contributed by atoms with Crippen LogP contribution in [0.4, 0.5) is 0 Å². The van der Waals surface area contributed by atoms with Crippen molar-refractivity contribution in [3.63, 3.8) is 0 Å². The predicted octanol–water partition coefficient (Wildman–Crippen LogP) is 2.24. The third-order valence-corrected chi connectivity index (χ3v) is 3.61. The number of hydrogen-bond donors (Lipinski definition) is 1. The molecule has 0 aromatic carbocycles. The lowest BCUT2D eigenvalue weighted by molar-refractivity contribution is 0.213. The molecule has 0 spiro atoms. The van der Waals surface area contributed by atoms with E-state index >= 15 is 0 Å². The zero-order valence-electron chi connectivity index (χ0n) is 10.3. The first-order valence-electron chi connectivity index (χ1n) is 6.19. The lowest BCUT2D eigenvalue weighted by atomic mass is 9.93. The SMILES string of the molecule is CCC1(CN(C)Cc2ccoc2)CCCN1.